The van der Waals surface area contributed by atoms with E-state index in [9.17, 15) is 0 Å². The summed E-state index contributed by atoms with van der Waals surface area (Å²) in [5.74, 6) is 0. The Kier molecular flexibility index (Phi) is 5.93. The molecule has 106 valence electrons. The third kappa shape index (κ3) is 4.22. The molecule has 2 aliphatic rings. The highest BCUT2D eigenvalue weighted by atomic mass is 15.3. The molecule has 0 aliphatic carbocycles. The molecular weight excluding hydrogens is 222 g/mol. The molecule has 0 radical (unpaired) electrons. The van der Waals surface area contributed by atoms with E-state index in [0.29, 0.717) is 6.04 Å². The highest BCUT2D eigenvalue weighted by Crippen LogP contribution is 2.20. The van der Waals surface area contributed by atoms with Crippen LogP contribution < -0.4 is 5.73 Å². The van der Waals surface area contributed by atoms with Gasteiger partial charge >= 0.3 is 0 Å². The number of likely N-dealkylation sites (tertiary alicyclic amines) is 2. The summed E-state index contributed by atoms with van der Waals surface area (Å²) in [6.45, 7) is 8.70. The minimum atomic E-state index is 0.466. The van der Waals surface area contributed by atoms with Crippen LogP contribution in [0.4, 0.5) is 0 Å². The average Bonchev–Trinajstić information content (AvgIpc) is 2.84. The van der Waals surface area contributed by atoms with Crippen molar-refractivity contribution in [2.75, 3.05) is 32.7 Å². The smallest absolute Gasteiger partial charge is 0.0235 e. The quantitative estimate of drug-likeness (QED) is 0.736. The van der Waals surface area contributed by atoms with E-state index in [1.54, 1.807) is 0 Å². The van der Waals surface area contributed by atoms with Gasteiger partial charge in [0.15, 0.2) is 0 Å². The van der Waals surface area contributed by atoms with Crippen LogP contribution >= 0.6 is 0 Å². The topological polar surface area (TPSA) is 32.5 Å². The molecule has 0 aromatic heterocycles. The Hall–Kier alpha value is -0.120. The third-order valence-electron chi connectivity index (χ3n) is 4.67. The minimum absolute atomic E-state index is 0.466. The average molecular weight is 253 g/mol. The van der Waals surface area contributed by atoms with E-state index in [4.69, 9.17) is 5.73 Å². The van der Waals surface area contributed by atoms with E-state index in [-0.39, 0.29) is 0 Å². The molecular formula is C15H31N3. The van der Waals surface area contributed by atoms with Crippen molar-refractivity contribution < 1.29 is 0 Å². The number of piperidine rings is 1. The van der Waals surface area contributed by atoms with Crippen molar-refractivity contribution in [3.8, 4) is 0 Å². The van der Waals surface area contributed by atoms with Gasteiger partial charge in [0.05, 0.1) is 0 Å². The Bertz CT molecular complexity index is 224. The molecule has 2 fully saturated rings. The predicted octanol–water partition coefficient (Wildman–Crippen LogP) is 2.06. The molecule has 1 atom stereocenters. The van der Waals surface area contributed by atoms with Gasteiger partial charge in [-0.25, -0.2) is 0 Å². The molecule has 2 rings (SSSR count). The summed E-state index contributed by atoms with van der Waals surface area (Å²) in [4.78, 5) is 5.37. The molecule has 3 nitrogen and oxygen atoms in total. The van der Waals surface area contributed by atoms with Crippen molar-refractivity contribution in [3.05, 3.63) is 0 Å². The Labute approximate surface area is 113 Å². The highest BCUT2D eigenvalue weighted by molar-refractivity contribution is 4.86. The van der Waals surface area contributed by atoms with Gasteiger partial charge in [-0.3, -0.25) is 4.90 Å². The molecule has 2 N–H and O–H groups in total. The first-order valence-electron chi connectivity index (χ1n) is 8.01. The fourth-order valence-corrected chi connectivity index (χ4v) is 3.36. The lowest BCUT2D eigenvalue weighted by Crippen LogP contribution is -2.46. The van der Waals surface area contributed by atoms with E-state index in [0.717, 1.165) is 6.04 Å². The van der Waals surface area contributed by atoms with Gasteiger partial charge in [-0.1, -0.05) is 26.2 Å². The first-order chi connectivity index (χ1) is 8.79. The van der Waals surface area contributed by atoms with E-state index in [2.05, 4.69) is 16.7 Å². The lowest BCUT2D eigenvalue weighted by molar-refractivity contribution is 0.152. The van der Waals surface area contributed by atoms with Gasteiger partial charge in [0, 0.05) is 18.6 Å². The van der Waals surface area contributed by atoms with Crippen LogP contribution in [0.3, 0.4) is 0 Å². The fourth-order valence-electron chi connectivity index (χ4n) is 3.36. The number of nitrogens with zero attached hydrogens (tertiary/aromatic N) is 2. The molecule has 2 aliphatic heterocycles. The maximum absolute atomic E-state index is 5.98. The van der Waals surface area contributed by atoms with Gasteiger partial charge in [-0.15, -0.1) is 0 Å². The second kappa shape index (κ2) is 7.46. The van der Waals surface area contributed by atoms with Gasteiger partial charge in [-0.05, 0) is 51.9 Å². The largest absolute Gasteiger partial charge is 0.328 e. The van der Waals surface area contributed by atoms with E-state index in [1.165, 1.54) is 77.7 Å². The summed E-state index contributed by atoms with van der Waals surface area (Å²) in [6, 6.07) is 1.29. The summed E-state index contributed by atoms with van der Waals surface area (Å²) in [6.07, 6.45) is 9.34. The van der Waals surface area contributed by atoms with Crippen LogP contribution in [0.2, 0.25) is 0 Å². The number of hydrogen-bond donors (Lipinski definition) is 1. The summed E-state index contributed by atoms with van der Waals surface area (Å²) >= 11 is 0. The van der Waals surface area contributed by atoms with Crippen molar-refractivity contribution in [2.45, 2.75) is 64.0 Å². The van der Waals surface area contributed by atoms with Crippen molar-refractivity contribution >= 4 is 0 Å². The zero-order valence-electron chi connectivity index (χ0n) is 12.1. The number of nitrogens with two attached hydrogens (primary N) is 1. The van der Waals surface area contributed by atoms with E-state index < -0.39 is 0 Å². The summed E-state index contributed by atoms with van der Waals surface area (Å²) in [7, 11) is 0. The predicted molar refractivity (Wildman–Crippen MR) is 77.8 cm³/mol. The summed E-state index contributed by atoms with van der Waals surface area (Å²) in [5, 5.41) is 0. The molecule has 0 aromatic carbocycles. The van der Waals surface area contributed by atoms with E-state index >= 15 is 0 Å². The molecule has 3 heteroatoms. The molecule has 0 aromatic rings. The van der Waals surface area contributed by atoms with Crippen LogP contribution in [0.15, 0.2) is 0 Å². The lowest BCUT2D eigenvalue weighted by Gasteiger charge is -2.34. The second-order valence-corrected chi connectivity index (χ2v) is 6.18. The Morgan fingerprint density at radius 2 is 1.78 bits per heavy atom. The van der Waals surface area contributed by atoms with E-state index in [1.807, 2.05) is 0 Å². The molecule has 1 unspecified atom stereocenters. The Morgan fingerprint density at radius 3 is 2.50 bits per heavy atom. The van der Waals surface area contributed by atoms with Crippen molar-refractivity contribution in [1.82, 2.24) is 9.80 Å². The second-order valence-electron chi connectivity index (χ2n) is 6.18. The van der Waals surface area contributed by atoms with Crippen LogP contribution in [0.5, 0.6) is 0 Å². The third-order valence-corrected chi connectivity index (χ3v) is 4.67. The summed E-state index contributed by atoms with van der Waals surface area (Å²) < 4.78 is 0. The summed E-state index contributed by atoms with van der Waals surface area (Å²) in [5.41, 5.74) is 5.98. The first-order valence-corrected chi connectivity index (χ1v) is 8.01. The maximum Gasteiger partial charge on any atom is 0.0235 e. The van der Waals surface area contributed by atoms with Gasteiger partial charge in [0.1, 0.15) is 0 Å². The molecule has 0 bridgehead atoms. The SMILES string of the molecule is CCCCCCN1CCC(N2CCC(N)CC2)C1. The van der Waals surface area contributed by atoms with Crippen LogP contribution in [-0.4, -0.2) is 54.6 Å². The molecule has 2 saturated heterocycles. The van der Waals surface area contributed by atoms with Crippen molar-refractivity contribution in [3.63, 3.8) is 0 Å². The normalized spacial score (nSPS) is 28.0. The lowest BCUT2D eigenvalue weighted by atomic mass is 10.0. The van der Waals surface area contributed by atoms with Crippen LogP contribution in [-0.2, 0) is 0 Å². The molecule has 0 amide bonds. The monoisotopic (exact) mass is 253 g/mol. The molecule has 18 heavy (non-hydrogen) atoms. The number of hydrogen-bond acceptors (Lipinski definition) is 3. The molecule has 2 heterocycles. The van der Waals surface area contributed by atoms with Gasteiger partial charge in [0.2, 0.25) is 0 Å². The Morgan fingerprint density at radius 1 is 1.00 bits per heavy atom. The highest BCUT2D eigenvalue weighted by Gasteiger charge is 2.29. The standard InChI is InChI=1S/C15H31N3/c1-2-3-4-5-9-17-10-8-15(13-17)18-11-6-14(16)7-12-18/h14-15H,2-13,16H2,1H3. The Balaban J connectivity index is 1.62. The number of unbranched alkanes of at least 4 members (excludes halogenated alkanes) is 3. The van der Waals surface area contributed by atoms with Crippen LogP contribution in [0.25, 0.3) is 0 Å². The van der Waals surface area contributed by atoms with Gasteiger partial charge in [-0.2, -0.15) is 0 Å². The van der Waals surface area contributed by atoms with Gasteiger partial charge < -0.3 is 10.6 Å². The minimum Gasteiger partial charge on any atom is -0.328 e. The zero-order chi connectivity index (χ0) is 12.8. The van der Waals surface area contributed by atoms with Crippen LogP contribution in [0.1, 0.15) is 51.9 Å². The zero-order valence-corrected chi connectivity index (χ0v) is 12.1. The number of rotatable bonds is 6. The van der Waals surface area contributed by atoms with Crippen molar-refractivity contribution in [2.24, 2.45) is 5.73 Å². The molecule has 0 spiro atoms. The van der Waals surface area contributed by atoms with Crippen molar-refractivity contribution in [1.29, 1.82) is 0 Å². The molecule has 0 saturated carbocycles. The first kappa shape index (κ1) is 14.3. The maximum atomic E-state index is 5.98. The van der Waals surface area contributed by atoms with Crippen LogP contribution in [0, 0.1) is 0 Å². The van der Waals surface area contributed by atoms with Gasteiger partial charge in [0.25, 0.3) is 0 Å². The fraction of sp³-hybridized carbons (Fsp3) is 1.00.